The quantitative estimate of drug-likeness (QED) is 0.848. The Balaban J connectivity index is 1.37. The van der Waals surface area contributed by atoms with Crippen LogP contribution in [0.15, 0.2) is 24.5 Å². The van der Waals surface area contributed by atoms with Crippen molar-refractivity contribution in [1.29, 1.82) is 0 Å². The summed E-state index contributed by atoms with van der Waals surface area (Å²) in [6.45, 7) is 1.80. The molecule has 2 heterocycles. The number of H-pyrrole nitrogens is 1. The number of rotatable bonds is 3. The number of carboxylic acid groups (broad SMARTS) is 1. The van der Waals surface area contributed by atoms with E-state index >= 15 is 0 Å². The molecule has 2 amide bonds. The Morgan fingerprint density at radius 2 is 1.80 bits per heavy atom. The molecule has 4 rings (SSSR count). The number of nitrogens with one attached hydrogen (secondary N) is 1. The fourth-order valence-electron chi connectivity index (χ4n) is 3.36. The van der Waals surface area contributed by atoms with Gasteiger partial charge < -0.3 is 19.9 Å². The molecule has 8 heteroatoms. The molecule has 2 N–H and O–H groups in total. The van der Waals surface area contributed by atoms with Crippen molar-refractivity contribution in [2.45, 2.75) is 6.42 Å². The van der Waals surface area contributed by atoms with E-state index in [2.05, 4.69) is 9.97 Å². The first kappa shape index (κ1) is 15.6. The van der Waals surface area contributed by atoms with Crippen LogP contribution >= 0.6 is 0 Å². The van der Waals surface area contributed by atoms with Gasteiger partial charge in [-0.2, -0.15) is 0 Å². The third-order valence-corrected chi connectivity index (χ3v) is 4.97. The van der Waals surface area contributed by atoms with E-state index in [9.17, 15) is 14.4 Å². The molecule has 1 aromatic carbocycles. The molecule has 1 aliphatic carbocycles. The number of carbonyl (C=O) groups is 3. The van der Waals surface area contributed by atoms with E-state index in [-0.39, 0.29) is 17.7 Å². The highest BCUT2D eigenvalue weighted by Crippen LogP contribution is 2.40. The van der Waals surface area contributed by atoms with Crippen molar-refractivity contribution in [2.24, 2.45) is 11.8 Å². The second-order valence-electron chi connectivity index (χ2n) is 6.54. The first-order valence-electron chi connectivity index (χ1n) is 8.28. The zero-order chi connectivity index (χ0) is 17.6. The highest BCUT2D eigenvalue weighted by atomic mass is 16.4. The molecule has 2 fully saturated rings. The van der Waals surface area contributed by atoms with E-state index in [1.54, 1.807) is 34.3 Å². The predicted molar refractivity (Wildman–Crippen MR) is 87.8 cm³/mol. The van der Waals surface area contributed by atoms with Crippen molar-refractivity contribution in [1.82, 2.24) is 19.8 Å². The summed E-state index contributed by atoms with van der Waals surface area (Å²) in [4.78, 5) is 46.4. The van der Waals surface area contributed by atoms with Crippen LogP contribution in [0.1, 0.15) is 16.8 Å². The smallest absolute Gasteiger partial charge is 0.307 e. The summed E-state index contributed by atoms with van der Waals surface area (Å²) >= 11 is 0. The summed E-state index contributed by atoms with van der Waals surface area (Å²) in [5.74, 6) is -1.99. The zero-order valence-corrected chi connectivity index (χ0v) is 13.5. The lowest BCUT2D eigenvalue weighted by Crippen LogP contribution is -2.51. The Morgan fingerprint density at radius 3 is 2.48 bits per heavy atom. The molecule has 0 bridgehead atoms. The maximum absolute atomic E-state index is 12.6. The van der Waals surface area contributed by atoms with E-state index in [0.717, 1.165) is 11.0 Å². The normalized spacial score (nSPS) is 22.9. The molecule has 0 spiro atoms. The number of amides is 2. The van der Waals surface area contributed by atoms with E-state index in [4.69, 9.17) is 5.11 Å². The number of carboxylic acids is 1. The number of fused-ring (bicyclic) bond motifs is 1. The van der Waals surface area contributed by atoms with Crippen LogP contribution in [0.2, 0.25) is 0 Å². The number of aromatic nitrogens is 2. The van der Waals surface area contributed by atoms with Crippen LogP contribution in [-0.4, -0.2) is 68.8 Å². The number of aromatic amines is 1. The summed E-state index contributed by atoms with van der Waals surface area (Å²) in [6, 6.07) is 5.34. The molecule has 2 atom stereocenters. The molecule has 1 aromatic heterocycles. The molecule has 1 saturated heterocycles. The number of hydrogen-bond acceptors (Lipinski definition) is 4. The van der Waals surface area contributed by atoms with Crippen LogP contribution in [-0.2, 0) is 9.59 Å². The number of benzene rings is 1. The van der Waals surface area contributed by atoms with Crippen molar-refractivity contribution in [3.63, 3.8) is 0 Å². The molecule has 8 nitrogen and oxygen atoms in total. The predicted octanol–water partition coefficient (Wildman–Crippen LogP) is 0.568. The van der Waals surface area contributed by atoms with Gasteiger partial charge in [-0.15, -0.1) is 0 Å². The lowest BCUT2D eigenvalue weighted by atomic mass is 10.1. The zero-order valence-electron chi connectivity index (χ0n) is 13.5. The van der Waals surface area contributed by atoms with Gasteiger partial charge in [0.15, 0.2) is 0 Å². The SMILES string of the molecule is O=C(O)C1CC1C(=O)N1CCN(C(=O)c2ccc3nc[nH]c3c2)CC1. The average molecular weight is 342 g/mol. The van der Waals surface area contributed by atoms with Gasteiger partial charge in [0.05, 0.1) is 29.2 Å². The Kier molecular flexibility index (Phi) is 3.67. The van der Waals surface area contributed by atoms with E-state index in [1.807, 2.05) is 0 Å². The van der Waals surface area contributed by atoms with Crippen LogP contribution in [0.3, 0.4) is 0 Å². The number of hydrogen-bond donors (Lipinski definition) is 2. The summed E-state index contributed by atoms with van der Waals surface area (Å²) in [5.41, 5.74) is 2.21. The maximum atomic E-state index is 12.6. The van der Waals surface area contributed by atoms with Gasteiger partial charge in [0.2, 0.25) is 5.91 Å². The summed E-state index contributed by atoms with van der Waals surface area (Å²) in [7, 11) is 0. The van der Waals surface area contributed by atoms with Crippen LogP contribution in [0.5, 0.6) is 0 Å². The Morgan fingerprint density at radius 1 is 1.08 bits per heavy atom. The number of aliphatic carboxylic acids is 1. The number of nitrogens with zero attached hydrogens (tertiary/aromatic N) is 3. The molecular weight excluding hydrogens is 324 g/mol. The molecule has 130 valence electrons. The monoisotopic (exact) mass is 342 g/mol. The van der Waals surface area contributed by atoms with Gasteiger partial charge in [-0.1, -0.05) is 0 Å². The van der Waals surface area contributed by atoms with Crippen LogP contribution < -0.4 is 0 Å². The molecular formula is C17H18N4O4. The van der Waals surface area contributed by atoms with Crippen LogP contribution in [0.25, 0.3) is 11.0 Å². The fraction of sp³-hybridized carbons (Fsp3) is 0.412. The summed E-state index contributed by atoms with van der Waals surface area (Å²) in [6.07, 6.45) is 2.02. The Bertz CT molecular complexity index is 853. The highest BCUT2D eigenvalue weighted by Gasteiger charge is 2.50. The number of piperazine rings is 1. The van der Waals surface area contributed by atoms with Crippen molar-refractivity contribution in [3.8, 4) is 0 Å². The second kappa shape index (κ2) is 5.87. The van der Waals surface area contributed by atoms with Crippen molar-refractivity contribution in [2.75, 3.05) is 26.2 Å². The number of imidazole rings is 1. The van der Waals surface area contributed by atoms with E-state index in [1.165, 1.54) is 0 Å². The first-order chi connectivity index (χ1) is 12.0. The van der Waals surface area contributed by atoms with Gasteiger partial charge in [-0.25, -0.2) is 4.98 Å². The van der Waals surface area contributed by atoms with Gasteiger partial charge in [0.1, 0.15) is 0 Å². The van der Waals surface area contributed by atoms with Crippen molar-refractivity contribution < 1.29 is 19.5 Å². The first-order valence-corrected chi connectivity index (χ1v) is 8.28. The molecule has 2 aromatic rings. The third-order valence-electron chi connectivity index (χ3n) is 4.97. The Hall–Kier alpha value is -2.90. The van der Waals surface area contributed by atoms with E-state index < -0.39 is 11.9 Å². The summed E-state index contributed by atoms with van der Waals surface area (Å²) in [5, 5.41) is 8.94. The lowest BCUT2D eigenvalue weighted by molar-refractivity contribution is -0.142. The molecule has 0 radical (unpaired) electrons. The Labute approximate surface area is 143 Å². The largest absolute Gasteiger partial charge is 0.481 e. The van der Waals surface area contributed by atoms with Crippen LogP contribution in [0.4, 0.5) is 0 Å². The molecule has 2 unspecified atom stereocenters. The number of carbonyl (C=O) groups excluding carboxylic acids is 2. The second-order valence-corrected chi connectivity index (χ2v) is 6.54. The van der Waals surface area contributed by atoms with Gasteiger partial charge in [0, 0.05) is 31.7 Å². The molecule has 2 aliphatic rings. The van der Waals surface area contributed by atoms with Crippen molar-refractivity contribution >= 4 is 28.8 Å². The highest BCUT2D eigenvalue weighted by molar-refractivity contribution is 5.97. The maximum Gasteiger partial charge on any atom is 0.307 e. The van der Waals surface area contributed by atoms with Crippen LogP contribution in [0, 0.1) is 11.8 Å². The van der Waals surface area contributed by atoms with Gasteiger partial charge in [-0.3, -0.25) is 14.4 Å². The van der Waals surface area contributed by atoms with Gasteiger partial charge in [-0.05, 0) is 24.6 Å². The third kappa shape index (κ3) is 2.84. The summed E-state index contributed by atoms with van der Waals surface area (Å²) < 4.78 is 0. The minimum absolute atomic E-state index is 0.0709. The fourth-order valence-corrected chi connectivity index (χ4v) is 3.36. The minimum atomic E-state index is -0.902. The average Bonchev–Trinajstić information content (AvgIpc) is 3.30. The topological polar surface area (TPSA) is 107 Å². The van der Waals surface area contributed by atoms with Gasteiger partial charge in [0.25, 0.3) is 5.91 Å². The van der Waals surface area contributed by atoms with Crippen molar-refractivity contribution in [3.05, 3.63) is 30.1 Å². The molecule has 1 saturated carbocycles. The van der Waals surface area contributed by atoms with E-state index in [0.29, 0.717) is 38.2 Å². The standard InChI is InChI=1S/C17H18N4O4/c22-15(10-1-2-13-14(7-10)19-9-18-13)20-3-5-21(6-4-20)16(23)11-8-12(11)17(24)25/h1-2,7,9,11-12H,3-6,8H2,(H,18,19)(H,24,25). The van der Waals surface area contributed by atoms with Gasteiger partial charge >= 0.3 is 5.97 Å². The molecule has 25 heavy (non-hydrogen) atoms. The lowest BCUT2D eigenvalue weighted by Gasteiger charge is -2.35. The minimum Gasteiger partial charge on any atom is -0.481 e. The molecule has 1 aliphatic heterocycles.